The molecule has 0 bridgehead atoms. The highest BCUT2D eigenvalue weighted by atomic mass is 16.5. The lowest BCUT2D eigenvalue weighted by Crippen LogP contribution is -2.58. The topological polar surface area (TPSA) is 192 Å². The molecule has 0 spiro atoms. The second-order valence-electron chi connectivity index (χ2n) is 9.07. The van der Waals surface area contributed by atoms with E-state index in [1.807, 2.05) is 25.3 Å². The Balaban J connectivity index is 2.04. The third-order valence-corrected chi connectivity index (χ3v) is 5.50. The van der Waals surface area contributed by atoms with Crippen molar-refractivity contribution in [1.82, 2.24) is 21.4 Å². The molecule has 8 N–H and O–H groups in total. The van der Waals surface area contributed by atoms with E-state index in [4.69, 9.17) is 10.6 Å². The Morgan fingerprint density at radius 1 is 0.816 bits per heavy atom. The average Bonchev–Trinajstić information content (AvgIpc) is 2.90. The molecule has 0 heterocycles. The predicted octanol–water partition coefficient (Wildman–Crippen LogP) is 0.228. The van der Waals surface area contributed by atoms with Crippen LogP contribution in [0.15, 0.2) is 54.6 Å². The minimum atomic E-state index is -1.37. The fraction of sp³-hybridized carbons (Fsp3) is 0.385. The molecule has 0 unspecified atom stereocenters. The molecule has 0 saturated heterocycles. The molecule has 12 heteroatoms. The molecule has 38 heavy (non-hydrogen) atoms. The van der Waals surface area contributed by atoms with Crippen molar-refractivity contribution >= 4 is 23.8 Å². The van der Waals surface area contributed by atoms with Gasteiger partial charge in [-0.1, -0.05) is 56.3 Å². The number of amides is 4. The summed E-state index contributed by atoms with van der Waals surface area (Å²) in [5.41, 5.74) is 3.40. The van der Waals surface area contributed by atoms with Gasteiger partial charge in [-0.2, -0.15) is 0 Å². The summed E-state index contributed by atoms with van der Waals surface area (Å²) in [7, 11) is 0. The molecule has 2 rings (SSSR count). The van der Waals surface area contributed by atoms with Gasteiger partial charge in [0.1, 0.15) is 30.5 Å². The van der Waals surface area contributed by atoms with Crippen molar-refractivity contribution in [2.75, 3.05) is 6.61 Å². The summed E-state index contributed by atoms with van der Waals surface area (Å²) in [6.07, 6.45) is -0.628. The molecule has 0 aliphatic heterocycles. The van der Waals surface area contributed by atoms with E-state index in [1.165, 1.54) is 12.1 Å². The molecule has 2 aromatic carbocycles. The first-order valence-corrected chi connectivity index (χ1v) is 12.1. The Labute approximate surface area is 220 Å². The summed E-state index contributed by atoms with van der Waals surface area (Å²) >= 11 is 0. The number of nitrogens with two attached hydrogens (primary N) is 1. The molecule has 12 nitrogen and oxygen atoms in total. The second kappa shape index (κ2) is 15.2. The Hall–Kier alpha value is -4.16. The van der Waals surface area contributed by atoms with Crippen molar-refractivity contribution in [3.63, 3.8) is 0 Å². The maximum atomic E-state index is 13.1. The number of phenolic OH excluding ortho intramolecular Hbond substituents is 1. The monoisotopic (exact) mass is 529 g/mol. The molecule has 0 saturated carbocycles. The van der Waals surface area contributed by atoms with Crippen LogP contribution in [0, 0.1) is 5.92 Å². The Morgan fingerprint density at radius 3 is 2.00 bits per heavy atom. The highest BCUT2D eigenvalue weighted by Gasteiger charge is 2.30. The molecule has 0 fully saturated rings. The van der Waals surface area contributed by atoms with Gasteiger partial charge in [-0.25, -0.2) is 10.6 Å². The Bertz CT molecular complexity index is 1060. The van der Waals surface area contributed by atoms with Gasteiger partial charge in [0, 0.05) is 6.42 Å². The van der Waals surface area contributed by atoms with Crippen LogP contribution in [0.5, 0.6) is 5.75 Å². The molecule has 206 valence electrons. The number of nitrogens with one attached hydrogen (secondary N) is 4. The van der Waals surface area contributed by atoms with Gasteiger partial charge in [-0.3, -0.25) is 19.8 Å². The van der Waals surface area contributed by atoms with E-state index in [0.717, 1.165) is 5.56 Å². The van der Waals surface area contributed by atoms with Gasteiger partial charge in [0.05, 0.1) is 6.61 Å². The maximum absolute atomic E-state index is 13.1. The zero-order chi connectivity index (χ0) is 28.1. The molecule has 3 atom stereocenters. The number of hydrazine groups is 1. The van der Waals surface area contributed by atoms with Crippen LogP contribution in [-0.2, 0) is 32.1 Å². The van der Waals surface area contributed by atoms with Gasteiger partial charge >= 0.3 is 6.09 Å². The van der Waals surface area contributed by atoms with Crippen LogP contribution in [0.2, 0.25) is 0 Å². The van der Waals surface area contributed by atoms with E-state index in [1.54, 1.807) is 36.4 Å². The number of carbonyl (C=O) groups excluding carboxylic acids is 4. The number of alkyl carbamates (subject to hydrolysis) is 1. The van der Waals surface area contributed by atoms with Crippen LogP contribution in [0.4, 0.5) is 4.79 Å². The van der Waals surface area contributed by atoms with Crippen LogP contribution in [-0.4, -0.2) is 58.8 Å². The number of ether oxygens (including phenoxy) is 1. The fourth-order valence-corrected chi connectivity index (χ4v) is 3.53. The fourth-order valence-electron chi connectivity index (χ4n) is 3.53. The molecule has 0 aliphatic carbocycles. The Morgan fingerprint density at radius 2 is 1.42 bits per heavy atom. The zero-order valence-electron chi connectivity index (χ0n) is 21.3. The van der Waals surface area contributed by atoms with Crippen molar-refractivity contribution in [2.24, 2.45) is 11.8 Å². The summed E-state index contributed by atoms with van der Waals surface area (Å²) in [6.45, 7) is 2.92. The van der Waals surface area contributed by atoms with Gasteiger partial charge in [0.25, 0.3) is 5.91 Å². The van der Waals surface area contributed by atoms with E-state index < -0.39 is 48.5 Å². The van der Waals surface area contributed by atoms with Gasteiger partial charge in [0.2, 0.25) is 11.8 Å². The average molecular weight is 530 g/mol. The minimum Gasteiger partial charge on any atom is -0.508 e. The quantitative estimate of drug-likeness (QED) is 0.109. The second-order valence-corrected chi connectivity index (χ2v) is 9.07. The standard InChI is InChI=1S/C26H35N5O7/c1-16(2)12-20(23(34)29-21(25(36)31-27)13-17-8-10-19(33)11-9-17)28-24(35)22(14-32)30-26(37)38-15-18-6-4-3-5-7-18/h3-11,16,20-22,32-33H,12-15,27H2,1-2H3,(H,28,35)(H,29,34)(H,30,37)(H,31,36)/t20-,21-,22-/m0/s1. The molecular formula is C26H35N5O7. The van der Waals surface area contributed by atoms with Gasteiger partial charge in [0.15, 0.2) is 0 Å². The van der Waals surface area contributed by atoms with Crippen LogP contribution < -0.4 is 27.2 Å². The number of benzene rings is 2. The van der Waals surface area contributed by atoms with Crippen molar-refractivity contribution in [2.45, 2.75) is 51.4 Å². The van der Waals surface area contributed by atoms with Crippen molar-refractivity contribution in [3.05, 3.63) is 65.7 Å². The number of carbonyl (C=O) groups is 4. The highest BCUT2D eigenvalue weighted by molar-refractivity contribution is 5.93. The zero-order valence-corrected chi connectivity index (χ0v) is 21.3. The molecule has 4 amide bonds. The normalized spacial score (nSPS) is 13.1. The summed E-state index contributed by atoms with van der Waals surface area (Å²) in [4.78, 5) is 50.5. The van der Waals surface area contributed by atoms with Crippen molar-refractivity contribution < 1.29 is 34.1 Å². The van der Waals surface area contributed by atoms with E-state index in [-0.39, 0.29) is 31.1 Å². The van der Waals surface area contributed by atoms with Crippen LogP contribution in [0.1, 0.15) is 31.4 Å². The van der Waals surface area contributed by atoms with Gasteiger partial charge in [-0.15, -0.1) is 0 Å². The maximum Gasteiger partial charge on any atom is 0.408 e. The first kappa shape index (κ1) is 30.1. The van der Waals surface area contributed by atoms with Crippen LogP contribution in [0.3, 0.4) is 0 Å². The first-order valence-electron chi connectivity index (χ1n) is 12.1. The first-order chi connectivity index (χ1) is 18.1. The van der Waals surface area contributed by atoms with E-state index >= 15 is 0 Å². The predicted molar refractivity (Wildman–Crippen MR) is 138 cm³/mol. The van der Waals surface area contributed by atoms with Crippen LogP contribution >= 0.6 is 0 Å². The third kappa shape index (κ3) is 10.1. The highest BCUT2D eigenvalue weighted by Crippen LogP contribution is 2.12. The van der Waals surface area contributed by atoms with Crippen LogP contribution in [0.25, 0.3) is 0 Å². The van der Waals surface area contributed by atoms with E-state index in [9.17, 15) is 29.4 Å². The smallest absolute Gasteiger partial charge is 0.408 e. The number of hydrogen-bond acceptors (Lipinski definition) is 8. The molecule has 0 radical (unpaired) electrons. The lowest BCUT2D eigenvalue weighted by molar-refractivity contribution is -0.133. The molecule has 2 aromatic rings. The van der Waals surface area contributed by atoms with Crippen molar-refractivity contribution in [1.29, 1.82) is 0 Å². The lowest BCUT2D eigenvalue weighted by Gasteiger charge is -2.25. The Kier molecular flexibility index (Phi) is 12.0. The van der Waals surface area contributed by atoms with E-state index in [2.05, 4.69) is 16.0 Å². The summed E-state index contributed by atoms with van der Waals surface area (Å²) in [6, 6.07) is 11.5. The van der Waals surface area contributed by atoms with Crippen molar-refractivity contribution in [3.8, 4) is 5.75 Å². The number of rotatable bonds is 13. The number of phenols is 1. The number of aromatic hydroxyl groups is 1. The number of hydrogen-bond donors (Lipinski definition) is 7. The summed E-state index contributed by atoms with van der Waals surface area (Å²) in [5, 5.41) is 26.6. The molecule has 0 aliphatic rings. The largest absolute Gasteiger partial charge is 0.508 e. The van der Waals surface area contributed by atoms with E-state index in [0.29, 0.717) is 5.56 Å². The SMILES string of the molecule is CC(C)C[C@H](NC(=O)[C@H](CO)NC(=O)OCc1ccccc1)C(=O)N[C@@H](Cc1ccc(O)cc1)C(=O)NN. The third-order valence-electron chi connectivity index (χ3n) is 5.50. The number of aliphatic hydroxyl groups is 1. The lowest BCUT2D eigenvalue weighted by atomic mass is 10.0. The molecule has 0 aromatic heterocycles. The summed E-state index contributed by atoms with van der Waals surface area (Å²) < 4.78 is 5.09. The van der Waals surface area contributed by atoms with Gasteiger partial charge < -0.3 is 30.9 Å². The minimum absolute atomic E-state index is 0.0266. The number of aliphatic hydroxyl groups excluding tert-OH is 1. The molecular weight excluding hydrogens is 494 g/mol. The van der Waals surface area contributed by atoms with Gasteiger partial charge in [-0.05, 0) is 35.6 Å². The summed E-state index contributed by atoms with van der Waals surface area (Å²) in [5.74, 6) is 3.20.